The molecule has 1 aliphatic carbocycles. The van der Waals surface area contributed by atoms with Crippen molar-refractivity contribution < 1.29 is 0 Å². The van der Waals surface area contributed by atoms with Crippen LogP contribution in [0.1, 0.15) is 45.4 Å². The van der Waals surface area contributed by atoms with Crippen LogP contribution in [-0.4, -0.2) is 11.4 Å². The highest BCUT2D eigenvalue weighted by Gasteiger charge is 2.23. The van der Waals surface area contributed by atoms with Crippen molar-refractivity contribution in [2.45, 2.75) is 45.4 Å². The summed E-state index contributed by atoms with van der Waals surface area (Å²) in [6.07, 6.45) is 7.89. The molecule has 0 aromatic carbocycles. The second kappa shape index (κ2) is 3.57. The normalized spacial score (nSPS) is 23.5. The quantitative estimate of drug-likeness (QED) is 0.593. The SMILES string of the molecule is C=C1CCC2=C(CCCC2)N1CC. The Morgan fingerprint density at radius 2 is 1.92 bits per heavy atom. The van der Waals surface area contributed by atoms with Crippen molar-refractivity contribution in [1.29, 1.82) is 0 Å². The molecule has 1 heterocycles. The number of hydrogen-bond acceptors (Lipinski definition) is 1. The Morgan fingerprint density at radius 1 is 1.15 bits per heavy atom. The van der Waals surface area contributed by atoms with E-state index in [0.717, 1.165) is 6.54 Å². The predicted octanol–water partition coefficient (Wildman–Crippen LogP) is 3.44. The van der Waals surface area contributed by atoms with Gasteiger partial charge in [0.1, 0.15) is 0 Å². The van der Waals surface area contributed by atoms with Gasteiger partial charge in [-0.25, -0.2) is 0 Å². The minimum Gasteiger partial charge on any atom is -0.350 e. The Hall–Kier alpha value is -0.720. The molecule has 0 amide bonds. The van der Waals surface area contributed by atoms with Crippen molar-refractivity contribution in [3.63, 3.8) is 0 Å². The van der Waals surface area contributed by atoms with Crippen molar-refractivity contribution in [3.05, 3.63) is 23.5 Å². The lowest BCUT2D eigenvalue weighted by atomic mass is 9.88. The van der Waals surface area contributed by atoms with Crippen LogP contribution in [0.5, 0.6) is 0 Å². The summed E-state index contributed by atoms with van der Waals surface area (Å²) in [6, 6.07) is 0. The molecule has 0 spiro atoms. The Morgan fingerprint density at radius 3 is 2.69 bits per heavy atom. The van der Waals surface area contributed by atoms with Gasteiger partial charge in [0.05, 0.1) is 0 Å². The van der Waals surface area contributed by atoms with E-state index in [2.05, 4.69) is 18.4 Å². The van der Waals surface area contributed by atoms with Crippen LogP contribution in [0.4, 0.5) is 0 Å². The van der Waals surface area contributed by atoms with E-state index in [0.29, 0.717) is 0 Å². The minimum absolute atomic E-state index is 1.11. The van der Waals surface area contributed by atoms with Gasteiger partial charge in [0.15, 0.2) is 0 Å². The number of rotatable bonds is 1. The van der Waals surface area contributed by atoms with Gasteiger partial charge >= 0.3 is 0 Å². The molecule has 0 aromatic rings. The molecule has 2 rings (SSSR count). The van der Waals surface area contributed by atoms with Gasteiger partial charge in [-0.15, -0.1) is 0 Å². The first kappa shape index (κ1) is 8.86. The highest BCUT2D eigenvalue weighted by atomic mass is 15.1. The van der Waals surface area contributed by atoms with Crippen LogP contribution in [-0.2, 0) is 0 Å². The molecule has 1 nitrogen and oxygen atoms in total. The van der Waals surface area contributed by atoms with Crippen LogP contribution < -0.4 is 0 Å². The molecule has 0 saturated heterocycles. The summed E-state index contributed by atoms with van der Waals surface area (Å²) in [6.45, 7) is 7.49. The van der Waals surface area contributed by atoms with Gasteiger partial charge in [-0.3, -0.25) is 0 Å². The van der Waals surface area contributed by atoms with Crippen molar-refractivity contribution in [2.24, 2.45) is 0 Å². The first-order chi connectivity index (χ1) is 6.33. The van der Waals surface area contributed by atoms with E-state index in [1.54, 1.807) is 11.3 Å². The molecular weight excluding hydrogens is 158 g/mol. The topological polar surface area (TPSA) is 3.24 Å². The monoisotopic (exact) mass is 177 g/mol. The standard InChI is InChI=1S/C12H19N/c1-3-13-10(2)8-9-11-6-4-5-7-12(11)13/h2-9H2,1H3. The maximum atomic E-state index is 4.15. The minimum atomic E-state index is 1.11. The van der Waals surface area contributed by atoms with Crippen LogP contribution in [0.15, 0.2) is 23.5 Å². The highest BCUT2D eigenvalue weighted by Crippen LogP contribution is 2.37. The molecule has 0 fully saturated rings. The number of allylic oxidation sites excluding steroid dienone is 3. The van der Waals surface area contributed by atoms with Crippen molar-refractivity contribution in [3.8, 4) is 0 Å². The van der Waals surface area contributed by atoms with Crippen LogP contribution in [0, 0.1) is 0 Å². The molecular formula is C12H19N. The molecule has 0 unspecified atom stereocenters. The van der Waals surface area contributed by atoms with Gasteiger partial charge in [0.2, 0.25) is 0 Å². The average molecular weight is 177 g/mol. The molecule has 72 valence electrons. The molecule has 0 bridgehead atoms. The Labute approximate surface area is 81.1 Å². The zero-order chi connectivity index (χ0) is 9.26. The third kappa shape index (κ3) is 1.52. The van der Waals surface area contributed by atoms with E-state index in [9.17, 15) is 0 Å². The molecule has 2 aliphatic rings. The zero-order valence-electron chi connectivity index (χ0n) is 8.60. The van der Waals surface area contributed by atoms with Gasteiger partial charge in [-0.1, -0.05) is 12.2 Å². The van der Waals surface area contributed by atoms with Crippen LogP contribution in [0.2, 0.25) is 0 Å². The van der Waals surface area contributed by atoms with Gasteiger partial charge in [-0.2, -0.15) is 0 Å². The molecule has 1 aliphatic heterocycles. The van der Waals surface area contributed by atoms with Gasteiger partial charge in [-0.05, 0) is 45.4 Å². The molecule has 0 saturated carbocycles. The summed E-state index contributed by atoms with van der Waals surface area (Å²) in [5.74, 6) is 0. The molecule has 1 heteroatoms. The van der Waals surface area contributed by atoms with Gasteiger partial charge in [0, 0.05) is 17.9 Å². The molecule has 0 atom stereocenters. The first-order valence-electron chi connectivity index (χ1n) is 5.49. The summed E-state index contributed by atoms with van der Waals surface area (Å²) < 4.78 is 0. The maximum absolute atomic E-state index is 4.15. The number of hydrogen-bond donors (Lipinski definition) is 0. The summed E-state index contributed by atoms with van der Waals surface area (Å²) >= 11 is 0. The van der Waals surface area contributed by atoms with Crippen molar-refractivity contribution in [1.82, 2.24) is 4.90 Å². The summed E-state index contributed by atoms with van der Waals surface area (Å²) in [7, 11) is 0. The Bertz CT molecular complexity index is 250. The second-order valence-corrected chi connectivity index (χ2v) is 4.07. The maximum Gasteiger partial charge on any atom is 0.0196 e. The van der Waals surface area contributed by atoms with Crippen molar-refractivity contribution in [2.75, 3.05) is 6.54 Å². The highest BCUT2D eigenvalue weighted by molar-refractivity contribution is 5.25. The van der Waals surface area contributed by atoms with E-state index in [4.69, 9.17) is 0 Å². The van der Waals surface area contributed by atoms with Gasteiger partial charge in [0.25, 0.3) is 0 Å². The lowest BCUT2D eigenvalue weighted by molar-refractivity contribution is 0.366. The smallest absolute Gasteiger partial charge is 0.0196 e. The van der Waals surface area contributed by atoms with Crippen LogP contribution >= 0.6 is 0 Å². The third-order valence-electron chi connectivity index (χ3n) is 3.29. The first-order valence-corrected chi connectivity index (χ1v) is 5.49. The Kier molecular flexibility index (Phi) is 2.43. The van der Waals surface area contributed by atoms with Crippen molar-refractivity contribution >= 4 is 0 Å². The van der Waals surface area contributed by atoms with E-state index in [-0.39, 0.29) is 0 Å². The van der Waals surface area contributed by atoms with E-state index >= 15 is 0 Å². The fourth-order valence-corrected chi connectivity index (χ4v) is 2.58. The average Bonchev–Trinajstić information content (AvgIpc) is 2.18. The zero-order valence-corrected chi connectivity index (χ0v) is 8.60. The number of nitrogens with zero attached hydrogens (tertiary/aromatic N) is 1. The van der Waals surface area contributed by atoms with E-state index in [1.165, 1.54) is 44.2 Å². The molecule has 0 radical (unpaired) electrons. The van der Waals surface area contributed by atoms with E-state index < -0.39 is 0 Å². The summed E-state index contributed by atoms with van der Waals surface area (Å²) in [4.78, 5) is 2.44. The molecule has 0 N–H and O–H groups in total. The Balaban J connectivity index is 2.27. The van der Waals surface area contributed by atoms with E-state index in [1.807, 2.05) is 0 Å². The third-order valence-corrected chi connectivity index (χ3v) is 3.29. The lowest BCUT2D eigenvalue weighted by Gasteiger charge is -2.37. The molecule has 0 aromatic heterocycles. The lowest BCUT2D eigenvalue weighted by Crippen LogP contribution is -2.27. The summed E-state index contributed by atoms with van der Waals surface area (Å²) in [5, 5.41) is 0. The predicted molar refractivity (Wildman–Crippen MR) is 56.2 cm³/mol. The van der Waals surface area contributed by atoms with Crippen LogP contribution in [0.3, 0.4) is 0 Å². The molecule has 13 heavy (non-hydrogen) atoms. The largest absolute Gasteiger partial charge is 0.350 e. The second-order valence-electron chi connectivity index (χ2n) is 4.07. The fraction of sp³-hybridized carbons (Fsp3) is 0.667. The fourth-order valence-electron chi connectivity index (χ4n) is 2.58. The van der Waals surface area contributed by atoms with Crippen LogP contribution in [0.25, 0.3) is 0 Å². The van der Waals surface area contributed by atoms with Gasteiger partial charge < -0.3 is 4.90 Å². The summed E-state index contributed by atoms with van der Waals surface area (Å²) in [5.41, 5.74) is 4.67.